The molecule has 3 aromatic rings. The Hall–Kier alpha value is -2.55. The predicted octanol–water partition coefficient (Wildman–Crippen LogP) is 2.88. The number of halogens is 1. The van der Waals surface area contributed by atoms with Crippen molar-refractivity contribution in [2.75, 3.05) is 13.1 Å². The lowest BCUT2D eigenvalue weighted by Crippen LogP contribution is -2.40. The van der Waals surface area contributed by atoms with Crippen molar-refractivity contribution in [3.05, 3.63) is 46.3 Å². The number of hydrogen-bond acceptors (Lipinski definition) is 6. The summed E-state index contributed by atoms with van der Waals surface area (Å²) in [5, 5.41) is 12.1. The zero-order valence-corrected chi connectivity index (χ0v) is 15.8. The molecule has 9 heteroatoms. The lowest BCUT2D eigenvalue weighted by Gasteiger charge is -2.32. The standard InChI is InChI=1S/C17H17BrN6O2/c1-11-19-16(26-21-11)15-10-24(22-20-15)14-6-3-7-23(9-14)17(25)12-4-2-5-13(18)8-12/h2,4-5,8,10,14H,3,6-7,9H2,1H3/t14-/m1/s1. The highest BCUT2D eigenvalue weighted by molar-refractivity contribution is 9.10. The van der Waals surface area contributed by atoms with Crippen molar-refractivity contribution in [1.82, 2.24) is 30.0 Å². The Morgan fingerprint density at radius 1 is 1.38 bits per heavy atom. The minimum absolute atomic E-state index is 0.0314. The van der Waals surface area contributed by atoms with Crippen molar-refractivity contribution in [3.63, 3.8) is 0 Å². The largest absolute Gasteiger partial charge is 0.337 e. The number of benzene rings is 1. The topological polar surface area (TPSA) is 89.9 Å². The Kier molecular flexibility index (Phi) is 4.54. The van der Waals surface area contributed by atoms with Crippen LogP contribution in [0.25, 0.3) is 11.6 Å². The minimum atomic E-state index is 0.0314. The molecule has 1 aliphatic heterocycles. The quantitative estimate of drug-likeness (QED) is 0.651. The van der Waals surface area contributed by atoms with Crippen molar-refractivity contribution in [2.45, 2.75) is 25.8 Å². The normalized spacial score (nSPS) is 17.5. The third kappa shape index (κ3) is 3.39. The second-order valence-corrected chi connectivity index (χ2v) is 7.20. The van der Waals surface area contributed by atoms with Gasteiger partial charge in [-0.1, -0.05) is 32.4 Å². The summed E-state index contributed by atoms with van der Waals surface area (Å²) in [5.41, 5.74) is 1.22. The number of carbonyl (C=O) groups excluding carboxylic acids is 1. The summed E-state index contributed by atoms with van der Waals surface area (Å²) < 4.78 is 7.82. The first-order chi connectivity index (χ1) is 12.6. The van der Waals surface area contributed by atoms with E-state index in [9.17, 15) is 4.79 Å². The molecular weight excluding hydrogens is 400 g/mol. The summed E-state index contributed by atoms with van der Waals surface area (Å²) in [6, 6.07) is 7.53. The molecule has 2 aromatic heterocycles. The highest BCUT2D eigenvalue weighted by atomic mass is 79.9. The van der Waals surface area contributed by atoms with Crippen LogP contribution >= 0.6 is 15.9 Å². The van der Waals surface area contributed by atoms with E-state index in [1.54, 1.807) is 17.8 Å². The number of carbonyl (C=O) groups is 1. The molecule has 0 spiro atoms. The zero-order valence-electron chi connectivity index (χ0n) is 14.2. The Bertz CT molecular complexity index is 937. The first kappa shape index (κ1) is 16.9. The van der Waals surface area contributed by atoms with Gasteiger partial charge in [0.05, 0.1) is 12.2 Å². The molecule has 26 heavy (non-hydrogen) atoms. The molecular formula is C17H17BrN6O2. The highest BCUT2D eigenvalue weighted by Crippen LogP contribution is 2.24. The summed E-state index contributed by atoms with van der Waals surface area (Å²) >= 11 is 3.42. The first-order valence-electron chi connectivity index (χ1n) is 8.37. The van der Waals surface area contributed by atoms with Gasteiger partial charge in [0.1, 0.15) is 0 Å². The molecule has 0 bridgehead atoms. The van der Waals surface area contributed by atoms with E-state index in [2.05, 4.69) is 36.4 Å². The fourth-order valence-electron chi connectivity index (χ4n) is 3.11. The van der Waals surface area contributed by atoms with Gasteiger partial charge in [0.15, 0.2) is 11.5 Å². The molecule has 0 radical (unpaired) electrons. The Morgan fingerprint density at radius 3 is 3.04 bits per heavy atom. The lowest BCUT2D eigenvalue weighted by atomic mass is 10.0. The summed E-state index contributed by atoms with van der Waals surface area (Å²) in [7, 11) is 0. The molecule has 1 amide bonds. The average molecular weight is 417 g/mol. The maximum atomic E-state index is 12.8. The van der Waals surface area contributed by atoms with Crippen LogP contribution in [0.3, 0.4) is 0 Å². The van der Waals surface area contributed by atoms with E-state index in [1.807, 2.05) is 29.2 Å². The second kappa shape index (κ2) is 6.99. The van der Waals surface area contributed by atoms with E-state index in [4.69, 9.17) is 4.52 Å². The van der Waals surface area contributed by atoms with Gasteiger partial charge in [-0.15, -0.1) is 5.10 Å². The van der Waals surface area contributed by atoms with E-state index in [0.29, 0.717) is 29.5 Å². The number of aryl methyl sites for hydroxylation is 1. The van der Waals surface area contributed by atoms with Crippen LogP contribution in [0.4, 0.5) is 0 Å². The first-order valence-corrected chi connectivity index (χ1v) is 9.17. The third-order valence-electron chi connectivity index (χ3n) is 4.39. The van der Waals surface area contributed by atoms with Crippen LogP contribution in [-0.2, 0) is 0 Å². The van der Waals surface area contributed by atoms with Gasteiger partial charge in [0.25, 0.3) is 11.8 Å². The van der Waals surface area contributed by atoms with Gasteiger partial charge in [0, 0.05) is 23.1 Å². The van der Waals surface area contributed by atoms with Gasteiger partial charge in [-0.25, -0.2) is 4.68 Å². The Labute approximate surface area is 158 Å². The average Bonchev–Trinajstić information content (AvgIpc) is 3.30. The Balaban J connectivity index is 1.50. The molecule has 0 saturated carbocycles. The SMILES string of the molecule is Cc1noc(-c2cn([C@@H]3CCCN(C(=O)c4cccc(Br)c4)C3)nn2)n1. The molecule has 1 saturated heterocycles. The van der Waals surface area contributed by atoms with Gasteiger partial charge < -0.3 is 9.42 Å². The van der Waals surface area contributed by atoms with E-state index in [1.165, 1.54) is 0 Å². The van der Waals surface area contributed by atoms with Crippen LogP contribution in [0.15, 0.2) is 39.5 Å². The van der Waals surface area contributed by atoms with Crippen LogP contribution in [0.1, 0.15) is 35.1 Å². The zero-order chi connectivity index (χ0) is 18.1. The van der Waals surface area contributed by atoms with Crippen LogP contribution in [0.5, 0.6) is 0 Å². The number of amides is 1. The van der Waals surface area contributed by atoms with Gasteiger partial charge in [-0.05, 0) is 38.0 Å². The molecule has 0 unspecified atom stereocenters. The van der Waals surface area contributed by atoms with Crippen molar-refractivity contribution >= 4 is 21.8 Å². The van der Waals surface area contributed by atoms with Crippen molar-refractivity contribution < 1.29 is 9.32 Å². The number of likely N-dealkylation sites (tertiary alicyclic amines) is 1. The smallest absolute Gasteiger partial charge is 0.280 e. The molecule has 4 rings (SSSR count). The molecule has 0 N–H and O–H groups in total. The van der Waals surface area contributed by atoms with E-state index in [-0.39, 0.29) is 11.9 Å². The fourth-order valence-corrected chi connectivity index (χ4v) is 3.51. The van der Waals surface area contributed by atoms with Crippen molar-refractivity contribution in [1.29, 1.82) is 0 Å². The molecule has 1 atom stereocenters. The van der Waals surface area contributed by atoms with Crippen molar-refractivity contribution in [2.24, 2.45) is 0 Å². The Morgan fingerprint density at radius 2 is 2.27 bits per heavy atom. The number of nitrogens with zero attached hydrogens (tertiary/aromatic N) is 6. The van der Waals surface area contributed by atoms with Gasteiger partial charge in [0.2, 0.25) is 0 Å². The molecule has 8 nitrogen and oxygen atoms in total. The van der Waals surface area contributed by atoms with Gasteiger partial charge in [-0.2, -0.15) is 4.98 Å². The predicted molar refractivity (Wildman–Crippen MR) is 96.4 cm³/mol. The summed E-state index contributed by atoms with van der Waals surface area (Å²) in [5.74, 6) is 0.938. The lowest BCUT2D eigenvalue weighted by molar-refractivity contribution is 0.0672. The molecule has 134 valence electrons. The van der Waals surface area contributed by atoms with Crippen LogP contribution < -0.4 is 0 Å². The van der Waals surface area contributed by atoms with E-state index >= 15 is 0 Å². The van der Waals surface area contributed by atoms with Crippen LogP contribution in [0, 0.1) is 6.92 Å². The fraction of sp³-hybridized carbons (Fsp3) is 0.353. The second-order valence-electron chi connectivity index (χ2n) is 6.29. The third-order valence-corrected chi connectivity index (χ3v) is 4.88. The number of piperidine rings is 1. The summed E-state index contributed by atoms with van der Waals surface area (Å²) in [6.07, 6.45) is 3.65. The molecule has 1 aromatic carbocycles. The highest BCUT2D eigenvalue weighted by Gasteiger charge is 2.27. The van der Waals surface area contributed by atoms with Crippen molar-refractivity contribution in [3.8, 4) is 11.6 Å². The number of hydrogen-bond donors (Lipinski definition) is 0. The van der Waals surface area contributed by atoms with Crippen LogP contribution in [0.2, 0.25) is 0 Å². The van der Waals surface area contributed by atoms with E-state index < -0.39 is 0 Å². The molecule has 0 aliphatic carbocycles. The molecule has 3 heterocycles. The van der Waals surface area contributed by atoms with E-state index in [0.717, 1.165) is 23.9 Å². The summed E-state index contributed by atoms with van der Waals surface area (Å²) in [4.78, 5) is 18.8. The maximum absolute atomic E-state index is 12.8. The monoisotopic (exact) mass is 416 g/mol. The van der Waals surface area contributed by atoms with Gasteiger partial charge >= 0.3 is 0 Å². The molecule has 1 fully saturated rings. The summed E-state index contributed by atoms with van der Waals surface area (Å²) in [6.45, 7) is 3.09. The minimum Gasteiger partial charge on any atom is -0.337 e. The van der Waals surface area contributed by atoms with Gasteiger partial charge in [-0.3, -0.25) is 4.79 Å². The maximum Gasteiger partial charge on any atom is 0.280 e. The number of rotatable bonds is 3. The molecule has 1 aliphatic rings. The number of aromatic nitrogens is 5. The van der Waals surface area contributed by atoms with Crippen LogP contribution in [-0.4, -0.2) is 49.0 Å².